The van der Waals surface area contributed by atoms with E-state index in [1.54, 1.807) is 16.9 Å². The zero-order valence-electron chi connectivity index (χ0n) is 16.7. The monoisotopic (exact) mass is 391 g/mol. The highest BCUT2D eigenvalue weighted by molar-refractivity contribution is 5.92. The van der Waals surface area contributed by atoms with Gasteiger partial charge in [-0.15, -0.1) is 5.10 Å². The third kappa shape index (κ3) is 4.43. The summed E-state index contributed by atoms with van der Waals surface area (Å²) < 4.78 is 1.76. The fourth-order valence-electron chi connectivity index (χ4n) is 3.38. The Balaban J connectivity index is 1.43. The molecular weight excluding hydrogens is 366 g/mol. The van der Waals surface area contributed by atoms with E-state index in [4.69, 9.17) is 0 Å². The van der Waals surface area contributed by atoms with Crippen LogP contribution < -0.4 is 15.5 Å². The lowest BCUT2D eigenvalue weighted by Crippen LogP contribution is -2.43. The average molecular weight is 391 g/mol. The first kappa shape index (κ1) is 19.1. The van der Waals surface area contributed by atoms with Crippen LogP contribution in [0.1, 0.15) is 17.0 Å². The van der Waals surface area contributed by atoms with E-state index < -0.39 is 0 Å². The Labute approximate surface area is 169 Å². The van der Waals surface area contributed by atoms with E-state index in [1.165, 1.54) is 5.56 Å². The van der Waals surface area contributed by atoms with Gasteiger partial charge in [0.2, 0.25) is 5.91 Å². The van der Waals surface area contributed by atoms with Crippen molar-refractivity contribution < 1.29 is 4.79 Å². The normalized spacial score (nSPS) is 14.1. The molecule has 1 aliphatic rings. The van der Waals surface area contributed by atoms with E-state index >= 15 is 0 Å². The molecule has 0 bridgehead atoms. The lowest BCUT2D eigenvalue weighted by molar-refractivity contribution is -0.115. The van der Waals surface area contributed by atoms with Gasteiger partial charge in [0, 0.05) is 44.1 Å². The molecule has 1 fully saturated rings. The summed E-state index contributed by atoms with van der Waals surface area (Å²) in [5.74, 6) is 0.757. The van der Waals surface area contributed by atoms with Gasteiger partial charge in [-0.05, 0) is 32.0 Å². The molecule has 8 heteroatoms. The van der Waals surface area contributed by atoms with Crippen LogP contribution in [0.5, 0.6) is 0 Å². The number of amides is 1. The van der Waals surface area contributed by atoms with E-state index in [2.05, 4.69) is 30.8 Å². The zero-order valence-corrected chi connectivity index (χ0v) is 16.7. The van der Waals surface area contributed by atoms with Crippen molar-refractivity contribution in [3.05, 3.63) is 59.5 Å². The quantitative estimate of drug-likeness (QED) is 0.690. The lowest BCUT2D eigenvalue weighted by atomic mass is 10.2. The molecule has 3 heterocycles. The zero-order chi connectivity index (χ0) is 20.2. The minimum absolute atomic E-state index is 0.124. The Kier molecular flexibility index (Phi) is 5.53. The number of anilines is 2. The molecule has 0 atom stereocenters. The molecule has 0 spiro atoms. The maximum atomic E-state index is 12.6. The van der Waals surface area contributed by atoms with Gasteiger partial charge in [0.1, 0.15) is 5.82 Å². The number of carbonyl (C=O) groups excluding carboxylic acids is 1. The average Bonchev–Trinajstić information content (AvgIpc) is 3.09. The van der Waals surface area contributed by atoms with Crippen molar-refractivity contribution in [2.75, 3.05) is 36.4 Å². The van der Waals surface area contributed by atoms with E-state index in [1.807, 2.05) is 44.2 Å². The van der Waals surface area contributed by atoms with Crippen LogP contribution in [-0.2, 0) is 11.2 Å². The summed E-state index contributed by atoms with van der Waals surface area (Å²) >= 11 is 0. The molecule has 1 saturated heterocycles. The fourth-order valence-corrected chi connectivity index (χ4v) is 3.38. The highest BCUT2D eigenvalue weighted by Crippen LogP contribution is 2.18. The van der Waals surface area contributed by atoms with Crippen LogP contribution in [0.25, 0.3) is 5.69 Å². The first-order valence-corrected chi connectivity index (χ1v) is 9.80. The minimum Gasteiger partial charge on any atom is -0.354 e. The Morgan fingerprint density at radius 3 is 2.66 bits per heavy atom. The molecule has 4 rings (SSSR count). The van der Waals surface area contributed by atoms with E-state index in [-0.39, 0.29) is 12.3 Å². The molecule has 1 amide bonds. The molecule has 0 radical (unpaired) electrons. The Bertz CT molecular complexity index is 991. The largest absolute Gasteiger partial charge is 0.354 e. The van der Waals surface area contributed by atoms with Crippen molar-refractivity contribution in [2.24, 2.45) is 0 Å². The minimum atomic E-state index is -0.124. The third-order valence-corrected chi connectivity index (χ3v) is 5.07. The van der Waals surface area contributed by atoms with Crippen LogP contribution in [0.3, 0.4) is 0 Å². The van der Waals surface area contributed by atoms with E-state index in [9.17, 15) is 4.79 Å². The van der Waals surface area contributed by atoms with Crippen molar-refractivity contribution in [3.63, 3.8) is 0 Å². The number of benzene rings is 1. The molecule has 1 aromatic carbocycles. The van der Waals surface area contributed by atoms with Crippen molar-refractivity contribution in [2.45, 2.75) is 20.3 Å². The van der Waals surface area contributed by atoms with Gasteiger partial charge >= 0.3 is 0 Å². The Hall–Kier alpha value is -3.26. The van der Waals surface area contributed by atoms with Crippen molar-refractivity contribution >= 4 is 17.4 Å². The van der Waals surface area contributed by atoms with Crippen LogP contribution in [0, 0.1) is 13.8 Å². The predicted octanol–water partition coefficient (Wildman–Crippen LogP) is 1.87. The van der Waals surface area contributed by atoms with E-state index in [0.717, 1.165) is 49.1 Å². The smallest absolute Gasteiger partial charge is 0.230 e. The first-order valence-electron chi connectivity index (χ1n) is 9.80. The number of nitrogens with zero attached hydrogens (tertiary/aromatic N) is 5. The molecule has 1 aliphatic heterocycles. The van der Waals surface area contributed by atoms with E-state index in [0.29, 0.717) is 5.69 Å². The first-order chi connectivity index (χ1) is 14.1. The molecule has 0 aliphatic carbocycles. The van der Waals surface area contributed by atoms with Crippen molar-refractivity contribution in [1.29, 1.82) is 0 Å². The number of hydrogen-bond donors (Lipinski definition) is 2. The summed E-state index contributed by atoms with van der Waals surface area (Å²) in [5.41, 5.74) is 4.38. The highest BCUT2D eigenvalue weighted by atomic mass is 16.1. The molecule has 150 valence electrons. The van der Waals surface area contributed by atoms with Gasteiger partial charge in [-0.1, -0.05) is 22.9 Å². The summed E-state index contributed by atoms with van der Waals surface area (Å²) in [7, 11) is 0. The molecule has 3 aromatic rings. The second-order valence-electron chi connectivity index (χ2n) is 7.23. The molecule has 2 aromatic heterocycles. The topological polar surface area (TPSA) is 88.0 Å². The maximum Gasteiger partial charge on any atom is 0.230 e. The SMILES string of the molecule is Cc1ccc(-n2nnc(CC(=O)Nc3ccnc(N4CCNCC4)c3)c2C)cc1. The van der Waals surface area contributed by atoms with Gasteiger partial charge in [0.15, 0.2) is 0 Å². The van der Waals surface area contributed by atoms with Gasteiger partial charge < -0.3 is 15.5 Å². The molecular formula is C21H25N7O. The predicted molar refractivity (Wildman–Crippen MR) is 112 cm³/mol. The standard InChI is InChI=1S/C21H25N7O/c1-15-3-5-18(6-4-15)28-16(2)19(25-26-28)14-21(29)24-17-7-8-23-20(13-17)27-11-9-22-10-12-27/h3-8,13,22H,9-12,14H2,1-2H3,(H,23,24,29). The number of carbonyl (C=O) groups is 1. The number of rotatable bonds is 5. The second-order valence-corrected chi connectivity index (χ2v) is 7.23. The summed E-state index contributed by atoms with van der Waals surface area (Å²) in [4.78, 5) is 19.2. The fraction of sp³-hybridized carbons (Fsp3) is 0.333. The number of aromatic nitrogens is 4. The van der Waals surface area contributed by atoms with Crippen LogP contribution in [0.4, 0.5) is 11.5 Å². The maximum absolute atomic E-state index is 12.6. The number of aryl methyl sites for hydroxylation is 1. The van der Waals surface area contributed by atoms with Crippen molar-refractivity contribution in [3.8, 4) is 5.69 Å². The number of hydrogen-bond acceptors (Lipinski definition) is 6. The summed E-state index contributed by atoms with van der Waals surface area (Å²) in [6.07, 6.45) is 1.90. The highest BCUT2D eigenvalue weighted by Gasteiger charge is 2.15. The molecule has 2 N–H and O–H groups in total. The summed E-state index contributed by atoms with van der Waals surface area (Å²) in [6, 6.07) is 11.8. The van der Waals surface area contributed by atoms with Crippen LogP contribution >= 0.6 is 0 Å². The van der Waals surface area contributed by atoms with Gasteiger partial charge in [-0.3, -0.25) is 4.79 Å². The Morgan fingerprint density at radius 2 is 1.90 bits per heavy atom. The van der Waals surface area contributed by atoms with Gasteiger partial charge in [-0.25, -0.2) is 9.67 Å². The van der Waals surface area contributed by atoms with Crippen LogP contribution in [0.2, 0.25) is 0 Å². The summed E-state index contributed by atoms with van der Waals surface area (Å²) in [6.45, 7) is 7.66. The van der Waals surface area contributed by atoms with Gasteiger partial charge in [-0.2, -0.15) is 0 Å². The van der Waals surface area contributed by atoms with Gasteiger partial charge in [0.05, 0.1) is 23.5 Å². The van der Waals surface area contributed by atoms with Gasteiger partial charge in [0.25, 0.3) is 0 Å². The van der Waals surface area contributed by atoms with Crippen molar-refractivity contribution in [1.82, 2.24) is 25.3 Å². The molecule has 29 heavy (non-hydrogen) atoms. The molecule has 8 nitrogen and oxygen atoms in total. The van der Waals surface area contributed by atoms with Crippen LogP contribution in [0.15, 0.2) is 42.6 Å². The number of piperazine rings is 1. The molecule has 0 unspecified atom stereocenters. The number of pyridine rings is 1. The molecule has 0 saturated carbocycles. The van der Waals surface area contributed by atoms with Crippen LogP contribution in [-0.4, -0.2) is 52.1 Å². The summed E-state index contributed by atoms with van der Waals surface area (Å²) in [5, 5.41) is 14.7. The number of nitrogens with one attached hydrogen (secondary N) is 2. The lowest BCUT2D eigenvalue weighted by Gasteiger charge is -2.28. The second kappa shape index (κ2) is 8.40. The third-order valence-electron chi connectivity index (χ3n) is 5.07. The Morgan fingerprint density at radius 1 is 1.14 bits per heavy atom.